The zero-order valence-electron chi connectivity index (χ0n) is 10.8. The van der Waals surface area contributed by atoms with Gasteiger partial charge in [0, 0.05) is 22.0 Å². The number of nitrogens with zero attached hydrogens (tertiary/aromatic N) is 1. The first-order chi connectivity index (χ1) is 9.60. The summed E-state index contributed by atoms with van der Waals surface area (Å²) < 4.78 is 1.11. The van der Waals surface area contributed by atoms with E-state index in [2.05, 4.69) is 38.2 Å². The number of anilines is 2. The molecule has 0 saturated carbocycles. The molecule has 4 nitrogen and oxygen atoms in total. The minimum atomic E-state index is -0.233. The predicted octanol–water partition coefficient (Wildman–Crippen LogP) is 4.02. The largest absolute Gasteiger partial charge is 0.369 e. The molecule has 0 atom stereocenters. The van der Waals surface area contributed by atoms with Gasteiger partial charge in [0.05, 0.1) is 10.6 Å². The van der Waals surface area contributed by atoms with Crippen LogP contribution in [-0.2, 0) is 0 Å². The lowest BCUT2D eigenvalue weighted by molar-refractivity contribution is 0.102. The summed E-state index contributed by atoms with van der Waals surface area (Å²) in [5, 5.41) is 6.26. The van der Waals surface area contributed by atoms with Crippen LogP contribution in [-0.4, -0.2) is 17.4 Å². The van der Waals surface area contributed by atoms with Crippen LogP contribution in [0.3, 0.4) is 0 Å². The van der Waals surface area contributed by atoms with Crippen molar-refractivity contribution in [3.8, 4) is 0 Å². The van der Waals surface area contributed by atoms with E-state index < -0.39 is 0 Å². The summed E-state index contributed by atoms with van der Waals surface area (Å²) in [5.74, 6) is 0.351. The van der Waals surface area contributed by atoms with Gasteiger partial charge in [0.2, 0.25) is 0 Å². The molecular weight excluding hydrogens is 389 g/mol. The first-order valence-electron chi connectivity index (χ1n) is 6.06. The van der Waals surface area contributed by atoms with Gasteiger partial charge in [-0.15, -0.1) is 0 Å². The Labute approximate surface area is 136 Å². The Kier molecular flexibility index (Phi) is 5.19. The first-order valence-corrected chi connectivity index (χ1v) is 7.52. The van der Waals surface area contributed by atoms with Gasteiger partial charge in [0.1, 0.15) is 5.82 Å². The summed E-state index contributed by atoms with van der Waals surface area (Å²) in [6, 6.07) is 9.16. The van der Waals surface area contributed by atoms with Gasteiger partial charge >= 0.3 is 0 Å². The molecule has 2 aromatic rings. The fourth-order valence-electron chi connectivity index (χ4n) is 1.60. The number of pyridine rings is 1. The van der Waals surface area contributed by atoms with E-state index in [0.29, 0.717) is 16.4 Å². The molecule has 1 aromatic carbocycles. The molecule has 0 spiro atoms. The molecule has 104 valence electrons. The van der Waals surface area contributed by atoms with Crippen LogP contribution >= 0.6 is 34.2 Å². The number of benzene rings is 1. The number of halogens is 2. The van der Waals surface area contributed by atoms with Crippen molar-refractivity contribution in [2.24, 2.45) is 0 Å². The minimum absolute atomic E-state index is 0.233. The van der Waals surface area contributed by atoms with E-state index in [0.717, 1.165) is 15.8 Å². The van der Waals surface area contributed by atoms with E-state index in [4.69, 9.17) is 11.6 Å². The van der Waals surface area contributed by atoms with Crippen molar-refractivity contribution in [2.45, 2.75) is 6.92 Å². The fourth-order valence-corrected chi connectivity index (χ4v) is 2.19. The third kappa shape index (κ3) is 3.83. The van der Waals surface area contributed by atoms with E-state index in [1.54, 1.807) is 6.07 Å². The van der Waals surface area contributed by atoms with Gasteiger partial charge in [-0.1, -0.05) is 11.6 Å². The summed E-state index contributed by atoms with van der Waals surface area (Å²) >= 11 is 8.28. The van der Waals surface area contributed by atoms with E-state index in [1.807, 2.05) is 31.2 Å². The van der Waals surface area contributed by atoms with Crippen LogP contribution in [0.4, 0.5) is 11.5 Å². The van der Waals surface area contributed by atoms with Crippen molar-refractivity contribution in [2.75, 3.05) is 17.2 Å². The zero-order valence-corrected chi connectivity index (χ0v) is 13.7. The van der Waals surface area contributed by atoms with Gasteiger partial charge in [-0.25, -0.2) is 4.98 Å². The molecule has 0 bridgehead atoms. The Balaban J connectivity index is 2.13. The molecule has 2 N–H and O–H groups in total. The normalized spacial score (nSPS) is 10.2. The van der Waals surface area contributed by atoms with Crippen LogP contribution in [0, 0.1) is 3.57 Å². The Morgan fingerprint density at radius 3 is 2.65 bits per heavy atom. The molecule has 6 heteroatoms. The van der Waals surface area contributed by atoms with Crippen molar-refractivity contribution >= 4 is 51.6 Å². The van der Waals surface area contributed by atoms with Gasteiger partial charge in [0.25, 0.3) is 5.91 Å². The smallest absolute Gasteiger partial charge is 0.257 e. The second kappa shape index (κ2) is 6.90. The second-order valence-corrected chi connectivity index (χ2v) is 5.70. The lowest BCUT2D eigenvalue weighted by atomic mass is 10.2. The Morgan fingerprint density at radius 2 is 2.05 bits per heavy atom. The van der Waals surface area contributed by atoms with Crippen molar-refractivity contribution in [3.63, 3.8) is 0 Å². The van der Waals surface area contributed by atoms with Crippen LogP contribution in [0.15, 0.2) is 36.5 Å². The summed E-state index contributed by atoms with van der Waals surface area (Å²) in [6.45, 7) is 2.68. The predicted molar refractivity (Wildman–Crippen MR) is 90.5 cm³/mol. The number of aromatic nitrogens is 1. The SMILES string of the molecule is CCNc1ncc(C(=O)Nc2ccc(I)cc2)cc1Cl. The fraction of sp³-hybridized carbons (Fsp3) is 0.143. The highest BCUT2D eigenvalue weighted by atomic mass is 127. The summed E-state index contributed by atoms with van der Waals surface area (Å²) in [7, 11) is 0. The summed E-state index contributed by atoms with van der Waals surface area (Å²) in [5.41, 5.74) is 1.16. The Hall–Kier alpha value is -1.34. The van der Waals surface area contributed by atoms with Crippen molar-refractivity contribution in [1.82, 2.24) is 4.98 Å². The third-order valence-corrected chi connectivity index (χ3v) is 3.56. The standard InChI is InChI=1S/C14H13ClIN3O/c1-2-17-13-12(15)7-9(8-18-13)14(20)19-11-5-3-10(16)4-6-11/h3-8H,2H2,1H3,(H,17,18)(H,19,20). The maximum atomic E-state index is 12.1. The first kappa shape index (κ1) is 15.1. The molecule has 1 aromatic heterocycles. The van der Waals surface area contributed by atoms with Crippen molar-refractivity contribution in [3.05, 3.63) is 50.7 Å². The molecular formula is C14H13ClIN3O. The molecule has 2 rings (SSSR count). The maximum absolute atomic E-state index is 12.1. The highest BCUT2D eigenvalue weighted by Gasteiger charge is 2.10. The monoisotopic (exact) mass is 401 g/mol. The molecule has 1 amide bonds. The van der Waals surface area contributed by atoms with Gasteiger partial charge in [-0.05, 0) is 59.8 Å². The zero-order chi connectivity index (χ0) is 14.5. The third-order valence-electron chi connectivity index (χ3n) is 2.55. The molecule has 0 aliphatic heterocycles. The molecule has 0 aliphatic carbocycles. The molecule has 0 radical (unpaired) electrons. The van der Waals surface area contributed by atoms with Gasteiger partial charge in [0.15, 0.2) is 0 Å². The van der Waals surface area contributed by atoms with E-state index >= 15 is 0 Å². The number of rotatable bonds is 4. The lowest BCUT2D eigenvalue weighted by Gasteiger charge is -2.08. The topological polar surface area (TPSA) is 54.0 Å². The quantitative estimate of drug-likeness (QED) is 0.761. The van der Waals surface area contributed by atoms with E-state index in [-0.39, 0.29) is 5.91 Å². The van der Waals surface area contributed by atoms with Crippen LogP contribution < -0.4 is 10.6 Å². The van der Waals surface area contributed by atoms with Gasteiger partial charge in [-0.2, -0.15) is 0 Å². The van der Waals surface area contributed by atoms with Crippen molar-refractivity contribution < 1.29 is 4.79 Å². The maximum Gasteiger partial charge on any atom is 0.257 e. The number of carbonyl (C=O) groups is 1. The number of hydrogen-bond donors (Lipinski definition) is 2. The summed E-state index contributed by atoms with van der Waals surface area (Å²) in [6.07, 6.45) is 1.51. The molecule has 0 unspecified atom stereocenters. The van der Waals surface area contributed by atoms with Gasteiger partial charge in [-0.3, -0.25) is 4.79 Å². The Bertz CT molecular complexity index is 616. The number of carbonyl (C=O) groups excluding carboxylic acids is 1. The highest BCUT2D eigenvalue weighted by molar-refractivity contribution is 14.1. The number of nitrogens with one attached hydrogen (secondary N) is 2. The number of hydrogen-bond acceptors (Lipinski definition) is 3. The second-order valence-electron chi connectivity index (χ2n) is 4.05. The molecule has 20 heavy (non-hydrogen) atoms. The Morgan fingerprint density at radius 1 is 1.35 bits per heavy atom. The average Bonchev–Trinajstić information content (AvgIpc) is 2.44. The summed E-state index contributed by atoms with van der Waals surface area (Å²) in [4.78, 5) is 16.2. The molecule has 0 fully saturated rings. The van der Waals surface area contributed by atoms with Crippen molar-refractivity contribution in [1.29, 1.82) is 0 Å². The molecule has 0 saturated heterocycles. The van der Waals surface area contributed by atoms with Crippen LogP contribution in [0.25, 0.3) is 0 Å². The minimum Gasteiger partial charge on any atom is -0.369 e. The van der Waals surface area contributed by atoms with E-state index in [1.165, 1.54) is 6.20 Å². The lowest BCUT2D eigenvalue weighted by Crippen LogP contribution is -2.13. The molecule has 1 heterocycles. The molecule has 0 aliphatic rings. The number of amides is 1. The van der Waals surface area contributed by atoms with Crippen LogP contribution in [0.5, 0.6) is 0 Å². The van der Waals surface area contributed by atoms with E-state index in [9.17, 15) is 4.79 Å². The highest BCUT2D eigenvalue weighted by Crippen LogP contribution is 2.20. The van der Waals surface area contributed by atoms with Crippen LogP contribution in [0.1, 0.15) is 17.3 Å². The van der Waals surface area contributed by atoms with Gasteiger partial charge < -0.3 is 10.6 Å². The average molecular weight is 402 g/mol. The van der Waals surface area contributed by atoms with Crippen LogP contribution in [0.2, 0.25) is 5.02 Å².